The summed E-state index contributed by atoms with van der Waals surface area (Å²) in [6, 6.07) is 0. The summed E-state index contributed by atoms with van der Waals surface area (Å²) < 4.78 is 10.3. The van der Waals surface area contributed by atoms with Gasteiger partial charge in [-0.15, -0.1) is 0 Å². The number of aliphatic hydroxyl groups excluding tert-OH is 1. The standard InChI is InChI=1S/C8H17BO3/c1-2-11-8(12-7-9)5-3-4-6-10/h8,10H,2-7H2,1H3. The lowest BCUT2D eigenvalue weighted by atomic mass is 10.2. The van der Waals surface area contributed by atoms with Crippen LogP contribution in [-0.2, 0) is 9.47 Å². The van der Waals surface area contributed by atoms with Crippen LogP contribution in [0, 0.1) is 0 Å². The predicted molar refractivity (Wildman–Crippen MR) is 48.1 cm³/mol. The molecule has 0 fully saturated rings. The maximum atomic E-state index is 8.53. The fourth-order valence-electron chi connectivity index (χ4n) is 0.931. The van der Waals surface area contributed by atoms with Crippen LogP contribution in [0.25, 0.3) is 0 Å². The fourth-order valence-corrected chi connectivity index (χ4v) is 0.931. The summed E-state index contributed by atoms with van der Waals surface area (Å²) >= 11 is 0. The van der Waals surface area contributed by atoms with Crippen molar-refractivity contribution < 1.29 is 14.6 Å². The van der Waals surface area contributed by atoms with E-state index in [0.717, 1.165) is 19.3 Å². The molecule has 70 valence electrons. The summed E-state index contributed by atoms with van der Waals surface area (Å²) in [7, 11) is 5.21. The van der Waals surface area contributed by atoms with Crippen LogP contribution in [0.1, 0.15) is 26.2 Å². The van der Waals surface area contributed by atoms with E-state index in [2.05, 4.69) is 0 Å². The van der Waals surface area contributed by atoms with Crippen molar-refractivity contribution in [3.8, 4) is 0 Å². The molecule has 0 aromatic rings. The van der Waals surface area contributed by atoms with Gasteiger partial charge in [-0.2, -0.15) is 0 Å². The summed E-state index contributed by atoms with van der Waals surface area (Å²) in [6.07, 6.45) is 2.29. The van der Waals surface area contributed by atoms with Crippen molar-refractivity contribution in [1.82, 2.24) is 0 Å². The normalized spacial score (nSPS) is 13.2. The van der Waals surface area contributed by atoms with Crippen LogP contribution in [0.2, 0.25) is 0 Å². The topological polar surface area (TPSA) is 38.7 Å². The van der Waals surface area contributed by atoms with E-state index in [9.17, 15) is 0 Å². The van der Waals surface area contributed by atoms with E-state index in [4.69, 9.17) is 22.4 Å². The zero-order valence-corrected chi connectivity index (χ0v) is 7.66. The van der Waals surface area contributed by atoms with Crippen LogP contribution in [0.5, 0.6) is 0 Å². The van der Waals surface area contributed by atoms with Gasteiger partial charge in [0.1, 0.15) is 7.85 Å². The minimum absolute atomic E-state index is 0.184. The fraction of sp³-hybridized carbons (Fsp3) is 1.00. The lowest BCUT2D eigenvalue weighted by molar-refractivity contribution is -0.131. The van der Waals surface area contributed by atoms with E-state index >= 15 is 0 Å². The van der Waals surface area contributed by atoms with E-state index < -0.39 is 0 Å². The molecule has 0 aromatic heterocycles. The monoisotopic (exact) mass is 172 g/mol. The summed E-state index contributed by atoms with van der Waals surface area (Å²) in [5.74, 6) is 0. The highest BCUT2D eigenvalue weighted by molar-refractivity contribution is 6.08. The summed E-state index contributed by atoms with van der Waals surface area (Å²) in [4.78, 5) is 0. The highest BCUT2D eigenvalue weighted by Gasteiger charge is 2.05. The van der Waals surface area contributed by atoms with Gasteiger partial charge in [0, 0.05) is 19.7 Å². The van der Waals surface area contributed by atoms with E-state index in [0.29, 0.717) is 6.61 Å². The van der Waals surface area contributed by atoms with Gasteiger partial charge in [-0.1, -0.05) is 0 Å². The van der Waals surface area contributed by atoms with Crippen LogP contribution in [0.4, 0.5) is 0 Å². The van der Waals surface area contributed by atoms with Crippen LogP contribution in [0.3, 0.4) is 0 Å². The van der Waals surface area contributed by atoms with Crippen molar-refractivity contribution in [2.75, 3.05) is 19.7 Å². The van der Waals surface area contributed by atoms with Crippen molar-refractivity contribution in [3.63, 3.8) is 0 Å². The SMILES string of the molecule is [B]COC(CCCCO)OCC. The molecular formula is C8H17BO3. The number of unbranched alkanes of at least 4 members (excludes halogenated alkanes) is 1. The highest BCUT2D eigenvalue weighted by Crippen LogP contribution is 2.05. The van der Waals surface area contributed by atoms with Gasteiger partial charge in [0.15, 0.2) is 6.29 Å². The summed E-state index contributed by atoms with van der Waals surface area (Å²) in [5, 5.41) is 8.53. The van der Waals surface area contributed by atoms with Crippen molar-refractivity contribution in [2.45, 2.75) is 32.5 Å². The Kier molecular flexibility index (Phi) is 8.99. The molecule has 1 unspecified atom stereocenters. The average Bonchev–Trinajstić information content (AvgIpc) is 2.06. The zero-order chi connectivity index (χ0) is 9.23. The molecule has 0 bridgehead atoms. The summed E-state index contributed by atoms with van der Waals surface area (Å²) in [6.45, 7) is 2.95. The van der Waals surface area contributed by atoms with E-state index in [1.165, 1.54) is 0 Å². The van der Waals surface area contributed by atoms with Gasteiger partial charge in [-0.3, -0.25) is 0 Å². The molecule has 0 heterocycles. The van der Waals surface area contributed by atoms with Gasteiger partial charge in [-0.25, -0.2) is 0 Å². The van der Waals surface area contributed by atoms with Crippen LogP contribution in [-0.4, -0.2) is 39.0 Å². The van der Waals surface area contributed by atoms with Crippen molar-refractivity contribution in [3.05, 3.63) is 0 Å². The zero-order valence-electron chi connectivity index (χ0n) is 7.66. The average molecular weight is 172 g/mol. The minimum atomic E-state index is -0.202. The first kappa shape index (κ1) is 11.9. The number of hydrogen-bond acceptors (Lipinski definition) is 3. The van der Waals surface area contributed by atoms with Crippen LogP contribution >= 0.6 is 0 Å². The second-order valence-corrected chi connectivity index (χ2v) is 2.44. The maximum Gasteiger partial charge on any atom is 0.156 e. The smallest absolute Gasteiger partial charge is 0.156 e. The molecule has 0 aliphatic carbocycles. The van der Waals surface area contributed by atoms with Crippen LogP contribution in [0.15, 0.2) is 0 Å². The molecule has 0 rings (SSSR count). The van der Waals surface area contributed by atoms with Crippen molar-refractivity contribution in [1.29, 1.82) is 0 Å². The molecule has 12 heavy (non-hydrogen) atoms. The van der Waals surface area contributed by atoms with Crippen molar-refractivity contribution in [2.24, 2.45) is 0 Å². The highest BCUT2D eigenvalue weighted by atomic mass is 16.7. The molecule has 3 nitrogen and oxygen atoms in total. The Balaban J connectivity index is 3.34. The Labute approximate surface area is 75.5 Å². The third kappa shape index (κ3) is 6.64. The largest absolute Gasteiger partial charge is 0.396 e. The first-order valence-corrected chi connectivity index (χ1v) is 4.39. The maximum absolute atomic E-state index is 8.53. The number of rotatable bonds is 8. The lowest BCUT2D eigenvalue weighted by Crippen LogP contribution is -2.18. The molecule has 4 heteroatoms. The number of ether oxygens (including phenoxy) is 2. The Bertz CT molecular complexity index is 84.4. The number of hydrogen-bond donors (Lipinski definition) is 1. The molecular weight excluding hydrogens is 155 g/mol. The second-order valence-electron chi connectivity index (χ2n) is 2.44. The number of aliphatic hydroxyl groups is 1. The molecule has 0 saturated heterocycles. The van der Waals surface area contributed by atoms with Gasteiger partial charge < -0.3 is 14.6 Å². The van der Waals surface area contributed by atoms with Crippen LogP contribution < -0.4 is 0 Å². The molecule has 0 aliphatic rings. The molecule has 0 spiro atoms. The quantitative estimate of drug-likeness (QED) is 0.332. The first-order valence-electron chi connectivity index (χ1n) is 4.39. The molecule has 1 atom stereocenters. The van der Waals surface area contributed by atoms with Gasteiger partial charge >= 0.3 is 0 Å². The van der Waals surface area contributed by atoms with Gasteiger partial charge in [0.2, 0.25) is 0 Å². The molecule has 2 radical (unpaired) electrons. The van der Waals surface area contributed by atoms with Gasteiger partial charge in [0.05, 0.1) is 0 Å². The third-order valence-electron chi connectivity index (χ3n) is 1.48. The summed E-state index contributed by atoms with van der Waals surface area (Å²) in [5.41, 5.74) is 0. The molecule has 0 amide bonds. The lowest BCUT2D eigenvalue weighted by Gasteiger charge is -2.16. The second kappa shape index (κ2) is 9.04. The molecule has 1 N–H and O–H groups in total. The third-order valence-corrected chi connectivity index (χ3v) is 1.48. The Morgan fingerprint density at radius 3 is 2.58 bits per heavy atom. The van der Waals surface area contributed by atoms with E-state index in [-0.39, 0.29) is 19.4 Å². The first-order chi connectivity index (χ1) is 5.85. The van der Waals surface area contributed by atoms with E-state index in [1.54, 1.807) is 0 Å². The Morgan fingerprint density at radius 2 is 2.08 bits per heavy atom. The predicted octanol–water partition coefficient (Wildman–Crippen LogP) is 0.654. The Morgan fingerprint density at radius 1 is 1.33 bits per heavy atom. The minimum Gasteiger partial charge on any atom is -0.396 e. The van der Waals surface area contributed by atoms with Gasteiger partial charge in [-0.05, 0) is 26.2 Å². The Hall–Kier alpha value is -0.0551. The van der Waals surface area contributed by atoms with Gasteiger partial charge in [0.25, 0.3) is 0 Å². The molecule has 0 saturated carbocycles. The van der Waals surface area contributed by atoms with E-state index in [1.807, 2.05) is 6.92 Å². The van der Waals surface area contributed by atoms with Crippen molar-refractivity contribution >= 4 is 7.85 Å². The molecule has 0 aliphatic heterocycles. The molecule has 0 aromatic carbocycles.